The van der Waals surface area contributed by atoms with Gasteiger partial charge in [0.25, 0.3) is 5.69 Å². The summed E-state index contributed by atoms with van der Waals surface area (Å²) in [6.07, 6.45) is 0. The number of rotatable bonds is 2. The molecule has 0 heterocycles. The molecule has 6 heteroatoms. The van der Waals surface area contributed by atoms with E-state index in [1.165, 1.54) is 0 Å². The summed E-state index contributed by atoms with van der Waals surface area (Å²) >= 11 is 0. The number of hydrogen-bond acceptors (Lipinski definition) is 3. The van der Waals surface area contributed by atoms with Gasteiger partial charge in [-0.15, -0.1) is 0 Å². The highest BCUT2D eigenvalue weighted by atomic mass is 19.1. The number of nitrogen functional groups attached to an aromatic ring is 1. The predicted molar refractivity (Wildman–Crippen MR) is 44.1 cm³/mol. The first-order valence-corrected chi connectivity index (χ1v) is 3.30. The van der Waals surface area contributed by atoms with Gasteiger partial charge < -0.3 is 5.73 Å². The number of benzene rings is 1. The van der Waals surface area contributed by atoms with Crippen molar-refractivity contribution in [2.24, 2.45) is 5.73 Å². The van der Waals surface area contributed by atoms with Crippen molar-refractivity contribution in [1.82, 2.24) is 0 Å². The summed E-state index contributed by atoms with van der Waals surface area (Å²) < 4.78 is 12.9. The molecule has 1 aromatic rings. The van der Waals surface area contributed by atoms with Gasteiger partial charge in [0, 0.05) is 6.07 Å². The lowest BCUT2D eigenvalue weighted by Gasteiger charge is -1.98. The van der Waals surface area contributed by atoms with Crippen LogP contribution in [0, 0.1) is 21.3 Å². The Morgan fingerprint density at radius 1 is 1.62 bits per heavy atom. The molecule has 3 N–H and O–H groups in total. The van der Waals surface area contributed by atoms with Crippen molar-refractivity contribution in [3.63, 3.8) is 0 Å². The van der Waals surface area contributed by atoms with Gasteiger partial charge in [-0.3, -0.25) is 15.5 Å². The van der Waals surface area contributed by atoms with E-state index in [1.807, 2.05) is 0 Å². The van der Waals surface area contributed by atoms with E-state index in [1.54, 1.807) is 0 Å². The van der Waals surface area contributed by atoms with Crippen LogP contribution in [0.15, 0.2) is 18.2 Å². The average Bonchev–Trinajstić information content (AvgIpc) is 2.03. The molecular formula is C7H6FN3O2. The first-order chi connectivity index (χ1) is 6.02. The van der Waals surface area contributed by atoms with Gasteiger partial charge in [0.05, 0.1) is 16.6 Å². The minimum atomic E-state index is -0.860. The van der Waals surface area contributed by atoms with Crippen LogP contribution in [0.1, 0.15) is 5.56 Å². The Labute approximate surface area is 72.6 Å². The van der Waals surface area contributed by atoms with E-state index in [2.05, 4.69) is 0 Å². The van der Waals surface area contributed by atoms with Crippen LogP contribution in [0.2, 0.25) is 0 Å². The van der Waals surface area contributed by atoms with E-state index in [9.17, 15) is 14.5 Å². The topological polar surface area (TPSA) is 93.0 Å². The van der Waals surface area contributed by atoms with Gasteiger partial charge in [-0.25, -0.2) is 4.39 Å². The largest absolute Gasteiger partial charge is 0.384 e. The zero-order chi connectivity index (χ0) is 10.0. The van der Waals surface area contributed by atoms with Crippen LogP contribution < -0.4 is 5.73 Å². The number of hydrogen-bond donors (Lipinski definition) is 2. The summed E-state index contributed by atoms with van der Waals surface area (Å²) in [5, 5.41) is 17.1. The lowest BCUT2D eigenvalue weighted by atomic mass is 10.2. The van der Waals surface area contributed by atoms with Crippen molar-refractivity contribution in [3.05, 3.63) is 39.7 Å². The number of nitro groups is 1. The summed E-state index contributed by atoms with van der Waals surface area (Å²) in [4.78, 5) is 9.47. The summed E-state index contributed by atoms with van der Waals surface area (Å²) in [5.74, 6) is -1.31. The standard InChI is InChI=1S/C7H6FN3O2/c8-6-3-4(11(12)13)1-2-5(6)7(9)10/h1-3H,(H3,9,10). The highest BCUT2D eigenvalue weighted by Gasteiger charge is 2.11. The fourth-order valence-electron chi connectivity index (χ4n) is 0.836. The van der Waals surface area contributed by atoms with Crippen LogP contribution >= 0.6 is 0 Å². The Hall–Kier alpha value is -1.98. The molecule has 0 aromatic heterocycles. The molecule has 0 aliphatic rings. The van der Waals surface area contributed by atoms with Gasteiger partial charge in [-0.05, 0) is 6.07 Å². The van der Waals surface area contributed by atoms with E-state index in [4.69, 9.17) is 11.1 Å². The molecule has 0 aliphatic heterocycles. The molecule has 13 heavy (non-hydrogen) atoms. The van der Waals surface area contributed by atoms with Gasteiger partial charge in [-0.1, -0.05) is 0 Å². The number of amidine groups is 1. The normalized spacial score (nSPS) is 9.62. The fraction of sp³-hybridized carbons (Fsp3) is 0. The molecule has 1 rings (SSSR count). The van der Waals surface area contributed by atoms with E-state index >= 15 is 0 Å². The maximum Gasteiger partial charge on any atom is 0.272 e. The molecule has 0 amide bonds. The average molecular weight is 183 g/mol. The van der Waals surface area contributed by atoms with E-state index < -0.39 is 16.6 Å². The van der Waals surface area contributed by atoms with Gasteiger partial charge in [0.2, 0.25) is 0 Å². The van der Waals surface area contributed by atoms with Gasteiger partial charge in [0.15, 0.2) is 0 Å². The lowest BCUT2D eigenvalue weighted by molar-refractivity contribution is -0.385. The quantitative estimate of drug-likeness (QED) is 0.310. The van der Waals surface area contributed by atoms with Crippen LogP contribution in [-0.4, -0.2) is 10.8 Å². The number of halogens is 1. The zero-order valence-electron chi connectivity index (χ0n) is 6.45. The molecule has 0 atom stereocenters. The third-order valence-corrected chi connectivity index (χ3v) is 1.45. The van der Waals surface area contributed by atoms with Gasteiger partial charge in [0.1, 0.15) is 11.7 Å². The number of nitrogens with one attached hydrogen (secondary N) is 1. The number of non-ortho nitro benzene ring substituents is 1. The molecule has 0 radical (unpaired) electrons. The first kappa shape index (κ1) is 9.11. The Morgan fingerprint density at radius 2 is 2.23 bits per heavy atom. The van der Waals surface area contributed by atoms with Crippen LogP contribution in [0.25, 0.3) is 0 Å². The Balaban J connectivity index is 3.20. The number of nitro benzene ring substituents is 1. The molecule has 5 nitrogen and oxygen atoms in total. The predicted octanol–water partition coefficient (Wildman–Crippen LogP) is 1.02. The smallest absolute Gasteiger partial charge is 0.272 e. The number of nitrogens with two attached hydrogens (primary N) is 1. The van der Waals surface area contributed by atoms with Crippen molar-refractivity contribution < 1.29 is 9.31 Å². The van der Waals surface area contributed by atoms with E-state index in [-0.39, 0.29) is 11.3 Å². The summed E-state index contributed by atoms with van der Waals surface area (Å²) in [6.45, 7) is 0. The van der Waals surface area contributed by atoms with Gasteiger partial charge >= 0.3 is 0 Å². The van der Waals surface area contributed by atoms with Crippen molar-refractivity contribution >= 4 is 11.5 Å². The highest BCUT2D eigenvalue weighted by Crippen LogP contribution is 2.15. The molecule has 0 spiro atoms. The molecule has 0 aliphatic carbocycles. The van der Waals surface area contributed by atoms with Crippen LogP contribution in [0.4, 0.5) is 10.1 Å². The third-order valence-electron chi connectivity index (χ3n) is 1.45. The van der Waals surface area contributed by atoms with Gasteiger partial charge in [-0.2, -0.15) is 0 Å². The molecule has 0 bridgehead atoms. The minimum Gasteiger partial charge on any atom is -0.384 e. The Bertz CT molecular complexity index is 378. The maximum atomic E-state index is 12.9. The van der Waals surface area contributed by atoms with Crippen molar-refractivity contribution in [3.8, 4) is 0 Å². The first-order valence-electron chi connectivity index (χ1n) is 3.30. The Morgan fingerprint density at radius 3 is 2.62 bits per heavy atom. The minimum absolute atomic E-state index is 0.134. The second kappa shape index (κ2) is 3.18. The van der Waals surface area contributed by atoms with Crippen LogP contribution in [0.5, 0.6) is 0 Å². The molecule has 0 saturated heterocycles. The van der Waals surface area contributed by atoms with Crippen LogP contribution in [0.3, 0.4) is 0 Å². The lowest BCUT2D eigenvalue weighted by Crippen LogP contribution is -2.13. The zero-order valence-corrected chi connectivity index (χ0v) is 6.45. The summed E-state index contributed by atoms with van der Waals surface area (Å²) in [5.41, 5.74) is 4.52. The summed E-state index contributed by atoms with van der Waals surface area (Å²) in [6, 6.07) is 2.94. The molecule has 68 valence electrons. The molecule has 0 fully saturated rings. The second-order valence-corrected chi connectivity index (χ2v) is 2.33. The SMILES string of the molecule is N=C(N)c1ccc([N+](=O)[O-])cc1F. The van der Waals surface area contributed by atoms with Crippen molar-refractivity contribution in [1.29, 1.82) is 5.41 Å². The molecule has 0 saturated carbocycles. The fourth-order valence-corrected chi connectivity index (χ4v) is 0.836. The molecule has 1 aromatic carbocycles. The summed E-state index contributed by atoms with van der Waals surface area (Å²) in [7, 11) is 0. The van der Waals surface area contributed by atoms with E-state index in [0.717, 1.165) is 18.2 Å². The highest BCUT2D eigenvalue weighted by molar-refractivity contribution is 5.95. The Kier molecular flexibility index (Phi) is 2.23. The van der Waals surface area contributed by atoms with E-state index in [0.29, 0.717) is 0 Å². The molecular weight excluding hydrogens is 177 g/mol. The van der Waals surface area contributed by atoms with Crippen molar-refractivity contribution in [2.45, 2.75) is 0 Å². The molecule has 0 unspecified atom stereocenters. The third kappa shape index (κ3) is 1.78. The maximum absolute atomic E-state index is 12.9. The number of nitrogens with zero attached hydrogens (tertiary/aromatic N) is 1. The van der Waals surface area contributed by atoms with Crippen LogP contribution in [-0.2, 0) is 0 Å². The van der Waals surface area contributed by atoms with Crippen molar-refractivity contribution in [2.75, 3.05) is 0 Å². The monoisotopic (exact) mass is 183 g/mol. The second-order valence-electron chi connectivity index (χ2n) is 2.33.